The van der Waals surface area contributed by atoms with Gasteiger partial charge in [0.05, 0.1) is 24.6 Å². The van der Waals surface area contributed by atoms with E-state index in [0.717, 1.165) is 12.1 Å². The molecule has 1 N–H and O–H groups in total. The Hall–Kier alpha value is -2.63. The van der Waals surface area contributed by atoms with Gasteiger partial charge in [0, 0.05) is 5.56 Å². The third kappa shape index (κ3) is 2.69. The number of anilines is 1. The molecule has 0 aliphatic carbocycles. The van der Waals surface area contributed by atoms with Crippen LogP contribution in [0.4, 0.5) is 10.1 Å². The van der Waals surface area contributed by atoms with E-state index in [1.54, 1.807) is 13.0 Å². The zero-order chi connectivity index (χ0) is 14.7. The summed E-state index contributed by atoms with van der Waals surface area (Å²) >= 11 is 0. The molecule has 20 heavy (non-hydrogen) atoms. The highest BCUT2D eigenvalue weighted by atomic mass is 19.1. The second kappa shape index (κ2) is 5.56. The van der Waals surface area contributed by atoms with E-state index in [-0.39, 0.29) is 17.0 Å². The van der Waals surface area contributed by atoms with E-state index >= 15 is 0 Å². The first-order valence-electron chi connectivity index (χ1n) is 5.76. The lowest BCUT2D eigenvalue weighted by Crippen LogP contribution is -2.16. The average molecular weight is 277 g/mol. The van der Waals surface area contributed by atoms with Crippen LogP contribution in [-0.2, 0) is 4.74 Å². The summed E-state index contributed by atoms with van der Waals surface area (Å²) in [6.07, 6.45) is 1.37. The number of methoxy groups -OCH3 is 1. The maximum absolute atomic E-state index is 13.3. The van der Waals surface area contributed by atoms with Gasteiger partial charge in [0.15, 0.2) is 5.76 Å². The van der Waals surface area contributed by atoms with Gasteiger partial charge >= 0.3 is 5.97 Å². The second-order valence-corrected chi connectivity index (χ2v) is 4.07. The maximum Gasteiger partial charge on any atom is 0.339 e. The van der Waals surface area contributed by atoms with Gasteiger partial charge in [0.2, 0.25) is 0 Å². The summed E-state index contributed by atoms with van der Waals surface area (Å²) in [5.41, 5.74) is 0.725. The molecule has 1 amide bonds. The summed E-state index contributed by atoms with van der Waals surface area (Å²) in [5.74, 6) is -1.71. The van der Waals surface area contributed by atoms with Crippen molar-refractivity contribution in [2.75, 3.05) is 12.4 Å². The van der Waals surface area contributed by atoms with Gasteiger partial charge in [-0.05, 0) is 31.2 Å². The first-order chi connectivity index (χ1) is 9.52. The number of amides is 1. The smallest absolute Gasteiger partial charge is 0.339 e. The van der Waals surface area contributed by atoms with Crippen molar-refractivity contribution in [3.8, 4) is 0 Å². The molecule has 1 aromatic carbocycles. The minimum atomic E-state index is -0.670. The minimum absolute atomic E-state index is 0.0256. The summed E-state index contributed by atoms with van der Waals surface area (Å²) in [4.78, 5) is 23.6. The molecule has 0 spiro atoms. The average Bonchev–Trinajstić information content (AvgIpc) is 2.84. The molecular weight excluding hydrogens is 265 g/mol. The highest BCUT2D eigenvalue weighted by Gasteiger charge is 2.18. The molecule has 0 saturated carbocycles. The highest BCUT2D eigenvalue weighted by molar-refractivity contribution is 6.07. The van der Waals surface area contributed by atoms with E-state index in [2.05, 4.69) is 10.1 Å². The molecule has 6 heteroatoms. The van der Waals surface area contributed by atoms with Crippen LogP contribution in [0.15, 0.2) is 34.9 Å². The SMILES string of the molecule is COC(=O)c1ccc(F)cc1NC(=O)c1occc1C. The number of aryl methyl sites for hydroxylation is 1. The third-order valence-corrected chi connectivity index (χ3v) is 2.70. The predicted octanol–water partition coefficient (Wildman–Crippen LogP) is 2.77. The van der Waals surface area contributed by atoms with Crippen LogP contribution in [-0.4, -0.2) is 19.0 Å². The Morgan fingerprint density at radius 2 is 2.05 bits per heavy atom. The molecule has 0 unspecified atom stereocenters. The van der Waals surface area contributed by atoms with Crippen LogP contribution in [0.25, 0.3) is 0 Å². The zero-order valence-corrected chi connectivity index (χ0v) is 10.9. The van der Waals surface area contributed by atoms with Crippen molar-refractivity contribution in [2.45, 2.75) is 6.92 Å². The molecule has 0 radical (unpaired) electrons. The number of carbonyl (C=O) groups is 2. The molecule has 0 aliphatic rings. The number of hydrogen-bond donors (Lipinski definition) is 1. The van der Waals surface area contributed by atoms with E-state index in [9.17, 15) is 14.0 Å². The van der Waals surface area contributed by atoms with Crippen molar-refractivity contribution in [1.29, 1.82) is 0 Å². The zero-order valence-electron chi connectivity index (χ0n) is 10.9. The fourth-order valence-electron chi connectivity index (χ4n) is 1.69. The maximum atomic E-state index is 13.3. The largest absolute Gasteiger partial charge is 0.465 e. The Morgan fingerprint density at radius 1 is 1.30 bits per heavy atom. The lowest BCUT2D eigenvalue weighted by Gasteiger charge is -2.09. The normalized spacial score (nSPS) is 10.2. The molecule has 1 aromatic heterocycles. The van der Waals surface area contributed by atoms with E-state index in [4.69, 9.17) is 4.42 Å². The molecule has 0 atom stereocenters. The van der Waals surface area contributed by atoms with Gasteiger partial charge < -0.3 is 14.5 Å². The molecule has 2 aromatic rings. The third-order valence-electron chi connectivity index (χ3n) is 2.70. The van der Waals surface area contributed by atoms with Gasteiger partial charge in [-0.25, -0.2) is 9.18 Å². The van der Waals surface area contributed by atoms with Crippen LogP contribution in [0.5, 0.6) is 0 Å². The Balaban J connectivity index is 2.33. The number of ether oxygens (including phenoxy) is 1. The summed E-state index contributed by atoms with van der Waals surface area (Å²) in [6.45, 7) is 1.70. The minimum Gasteiger partial charge on any atom is -0.465 e. The van der Waals surface area contributed by atoms with Crippen molar-refractivity contribution < 1.29 is 23.1 Å². The molecular formula is C14H12FNO4. The molecule has 104 valence electrons. The van der Waals surface area contributed by atoms with Crippen LogP contribution >= 0.6 is 0 Å². The van der Waals surface area contributed by atoms with E-state index in [0.29, 0.717) is 5.56 Å². The molecule has 2 rings (SSSR count). The van der Waals surface area contributed by atoms with Crippen LogP contribution in [0.3, 0.4) is 0 Å². The van der Waals surface area contributed by atoms with Gasteiger partial charge in [-0.2, -0.15) is 0 Å². The number of esters is 1. The quantitative estimate of drug-likeness (QED) is 0.876. The van der Waals surface area contributed by atoms with Crippen molar-refractivity contribution in [3.05, 3.63) is 53.2 Å². The summed E-state index contributed by atoms with van der Waals surface area (Å²) in [6, 6.07) is 5.02. The fourth-order valence-corrected chi connectivity index (χ4v) is 1.69. The number of hydrogen-bond acceptors (Lipinski definition) is 4. The standard InChI is InChI=1S/C14H12FNO4/c1-8-5-6-20-12(8)13(17)16-11-7-9(15)3-4-10(11)14(18)19-2/h3-7H,1-2H3,(H,16,17). The second-order valence-electron chi connectivity index (χ2n) is 4.07. The lowest BCUT2D eigenvalue weighted by atomic mass is 10.1. The number of nitrogens with one attached hydrogen (secondary N) is 1. The van der Waals surface area contributed by atoms with Gasteiger partial charge in [-0.3, -0.25) is 4.79 Å². The summed E-state index contributed by atoms with van der Waals surface area (Å²) < 4.78 is 22.9. The Bertz CT molecular complexity index is 663. The van der Waals surface area contributed by atoms with Crippen molar-refractivity contribution in [1.82, 2.24) is 0 Å². The van der Waals surface area contributed by atoms with E-state index in [1.165, 1.54) is 19.4 Å². The number of furan rings is 1. The highest BCUT2D eigenvalue weighted by Crippen LogP contribution is 2.20. The van der Waals surface area contributed by atoms with Gasteiger partial charge in [0.1, 0.15) is 5.82 Å². The first-order valence-corrected chi connectivity index (χ1v) is 5.76. The van der Waals surface area contributed by atoms with Crippen molar-refractivity contribution in [3.63, 3.8) is 0 Å². The summed E-state index contributed by atoms with van der Waals surface area (Å²) in [5, 5.41) is 2.44. The van der Waals surface area contributed by atoms with Crippen LogP contribution in [0.1, 0.15) is 26.5 Å². The van der Waals surface area contributed by atoms with Gasteiger partial charge in [-0.1, -0.05) is 0 Å². The molecule has 0 bridgehead atoms. The number of rotatable bonds is 3. The Morgan fingerprint density at radius 3 is 2.65 bits per heavy atom. The molecule has 0 saturated heterocycles. The Labute approximate surface area is 114 Å². The van der Waals surface area contributed by atoms with Crippen LogP contribution < -0.4 is 5.32 Å². The number of halogens is 1. The predicted molar refractivity (Wildman–Crippen MR) is 69.1 cm³/mol. The van der Waals surface area contributed by atoms with Gasteiger partial charge in [-0.15, -0.1) is 0 Å². The Kier molecular flexibility index (Phi) is 3.84. The van der Waals surface area contributed by atoms with Crippen molar-refractivity contribution in [2.24, 2.45) is 0 Å². The number of benzene rings is 1. The molecule has 0 aliphatic heterocycles. The topological polar surface area (TPSA) is 68.5 Å². The monoisotopic (exact) mass is 277 g/mol. The van der Waals surface area contributed by atoms with E-state index in [1.807, 2.05) is 0 Å². The fraction of sp³-hybridized carbons (Fsp3) is 0.143. The summed E-state index contributed by atoms with van der Waals surface area (Å²) in [7, 11) is 1.20. The first kappa shape index (κ1) is 13.8. The van der Waals surface area contributed by atoms with E-state index < -0.39 is 17.7 Å². The number of carbonyl (C=O) groups excluding carboxylic acids is 2. The van der Waals surface area contributed by atoms with Crippen LogP contribution in [0, 0.1) is 12.7 Å². The molecule has 0 fully saturated rings. The van der Waals surface area contributed by atoms with Crippen molar-refractivity contribution >= 4 is 17.6 Å². The lowest BCUT2D eigenvalue weighted by molar-refractivity contribution is 0.0602. The molecule has 5 nitrogen and oxygen atoms in total. The van der Waals surface area contributed by atoms with Crippen LogP contribution in [0.2, 0.25) is 0 Å². The van der Waals surface area contributed by atoms with Gasteiger partial charge in [0.25, 0.3) is 5.91 Å². The molecule has 1 heterocycles.